The molecule has 6 heteroatoms. The fourth-order valence-corrected chi connectivity index (χ4v) is 2.99. The topological polar surface area (TPSA) is 68.8 Å². The van der Waals surface area contributed by atoms with Crippen molar-refractivity contribution < 1.29 is 4.79 Å². The number of carbonyl (C=O) groups is 1. The predicted molar refractivity (Wildman–Crippen MR) is 125 cm³/mol. The van der Waals surface area contributed by atoms with Crippen molar-refractivity contribution in [1.29, 1.82) is 0 Å². The lowest BCUT2D eigenvalue weighted by Gasteiger charge is -2.17. The number of carbonyl (C=O) groups excluding carboxylic acids is 1. The molecule has 0 aliphatic rings. The van der Waals surface area contributed by atoms with Gasteiger partial charge in [0, 0.05) is 38.8 Å². The van der Waals surface area contributed by atoms with Crippen molar-refractivity contribution in [3.8, 4) is 0 Å². The third-order valence-corrected chi connectivity index (χ3v) is 4.94. The van der Waals surface area contributed by atoms with Gasteiger partial charge in [-0.05, 0) is 50.2 Å². The molecule has 1 amide bonds. The highest BCUT2D eigenvalue weighted by molar-refractivity contribution is 5.94. The Morgan fingerprint density at radius 1 is 1.07 bits per heavy atom. The van der Waals surface area contributed by atoms with Crippen LogP contribution < -0.4 is 16.0 Å². The number of hydrogen-bond acceptors (Lipinski definition) is 3. The molecule has 3 N–H and O–H groups in total. The number of hydrogen-bond donors (Lipinski definition) is 3. The van der Waals surface area contributed by atoms with Gasteiger partial charge in [0.25, 0.3) is 5.91 Å². The summed E-state index contributed by atoms with van der Waals surface area (Å²) in [7, 11) is 5.74. The first-order valence-corrected chi connectivity index (χ1v) is 10.4. The van der Waals surface area contributed by atoms with Gasteiger partial charge in [0.2, 0.25) is 0 Å². The van der Waals surface area contributed by atoms with Crippen LogP contribution in [0, 0.1) is 6.92 Å². The maximum atomic E-state index is 12.3. The van der Waals surface area contributed by atoms with E-state index >= 15 is 0 Å². The van der Waals surface area contributed by atoms with Gasteiger partial charge in [-0.1, -0.05) is 48.9 Å². The fourth-order valence-electron chi connectivity index (χ4n) is 2.99. The molecular weight excluding hydrogens is 374 g/mol. The second-order valence-electron chi connectivity index (χ2n) is 7.88. The molecule has 1 atom stereocenters. The Morgan fingerprint density at radius 2 is 1.80 bits per heavy atom. The van der Waals surface area contributed by atoms with Crippen LogP contribution in [-0.2, 0) is 6.54 Å². The SMILES string of the molecule is CN=C(NCc1cccc(C(=O)NCCN(C)C)c1)NCC(C)c1ccc(C)cc1. The monoisotopic (exact) mass is 409 g/mol. The number of aryl methyl sites for hydroxylation is 1. The number of nitrogens with one attached hydrogen (secondary N) is 3. The molecule has 0 saturated heterocycles. The molecule has 2 aromatic rings. The summed E-state index contributed by atoms with van der Waals surface area (Å²) in [4.78, 5) is 18.7. The summed E-state index contributed by atoms with van der Waals surface area (Å²) in [6.07, 6.45) is 0. The summed E-state index contributed by atoms with van der Waals surface area (Å²) in [5.41, 5.74) is 4.27. The van der Waals surface area contributed by atoms with E-state index < -0.39 is 0 Å². The second kappa shape index (κ2) is 12.0. The molecule has 2 rings (SSSR count). The Hall–Kier alpha value is -2.86. The summed E-state index contributed by atoms with van der Waals surface area (Å²) in [5, 5.41) is 9.66. The molecule has 162 valence electrons. The molecule has 6 nitrogen and oxygen atoms in total. The van der Waals surface area contributed by atoms with Crippen LogP contribution in [0.1, 0.15) is 39.9 Å². The van der Waals surface area contributed by atoms with E-state index in [4.69, 9.17) is 0 Å². The van der Waals surface area contributed by atoms with E-state index in [9.17, 15) is 4.79 Å². The van der Waals surface area contributed by atoms with E-state index in [1.54, 1.807) is 7.05 Å². The largest absolute Gasteiger partial charge is 0.356 e. The summed E-state index contributed by atoms with van der Waals surface area (Å²) < 4.78 is 0. The molecule has 0 heterocycles. The van der Waals surface area contributed by atoms with E-state index in [0.717, 1.165) is 24.6 Å². The van der Waals surface area contributed by atoms with Crippen molar-refractivity contribution in [2.45, 2.75) is 26.3 Å². The number of rotatable bonds is 9. The van der Waals surface area contributed by atoms with Gasteiger partial charge in [0.1, 0.15) is 0 Å². The van der Waals surface area contributed by atoms with E-state index in [2.05, 4.69) is 59.1 Å². The first kappa shape index (κ1) is 23.4. The zero-order valence-corrected chi connectivity index (χ0v) is 18.8. The normalized spacial score (nSPS) is 12.5. The minimum absolute atomic E-state index is 0.0480. The summed E-state index contributed by atoms with van der Waals surface area (Å²) in [6, 6.07) is 16.3. The summed E-state index contributed by atoms with van der Waals surface area (Å²) >= 11 is 0. The molecule has 0 radical (unpaired) electrons. The number of guanidine groups is 1. The number of likely N-dealkylation sites (N-methyl/N-ethyl adjacent to an activating group) is 1. The number of amides is 1. The van der Waals surface area contributed by atoms with Gasteiger partial charge in [0.05, 0.1) is 0 Å². The minimum atomic E-state index is -0.0480. The highest BCUT2D eigenvalue weighted by atomic mass is 16.1. The van der Waals surface area contributed by atoms with Crippen LogP contribution in [0.15, 0.2) is 53.5 Å². The van der Waals surface area contributed by atoms with Crippen LogP contribution in [0.4, 0.5) is 0 Å². The molecule has 2 aromatic carbocycles. The number of aliphatic imine (C=N–C) groups is 1. The van der Waals surface area contributed by atoms with Crippen molar-refractivity contribution in [1.82, 2.24) is 20.9 Å². The second-order valence-corrected chi connectivity index (χ2v) is 7.88. The molecular formula is C24H35N5O. The first-order chi connectivity index (χ1) is 14.4. The third-order valence-electron chi connectivity index (χ3n) is 4.94. The molecule has 0 bridgehead atoms. The van der Waals surface area contributed by atoms with E-state index in [1.807, 2.05) is 43.3 Å². The molecule has 30 heavy (non-hydrogen) atoms. The standard InChI is InChI=1S/C24H35N5O/c1-18-9-11-21(12-10-18)19(2)16-27-24(25-3)28-17-20-7-6-8-22(15-20)23(30)26-13-14-29(4)5/h6-12,15,19H,13-14,16-17H2,1-5H3,(H,26,30)(H2,25,27,28). The van der Waals surface area contributed by atoms with E-state index in [1.165, 1.54) is 11.1 Å². The van der Waals surface area contributed by atoms with Gasteiger partial charge in [-0.25, -0.2) is 0 Å². The van der Waals surface area contributed by atoms with Crippen molar-refractivity contribution >= 4 is 11.9 Å². The van der Waals surface area contributed by atoms with E-state index in [-0.39, 0.29) is 5.91 Å². The average molecular weight is 410 g/mol. The number of benzene rings is 2. The smallest absolute Gasteiger partial charge is 0.251 e. The lowest BCUT2D eigenvalue weighted by atomic mass is 10.0. The molecule has 0 fully saturated rings. The van der Waals surface area contributed by atoms with Gasteiger partial charge in [0.15, 0.2) is 5.96 Å². The third kappa shape index (κ3) is 7.87. The van der Waals surface area contributed by atoms with Gasteiger partial charge in [-0.3, -0.25) is 9.79 Å². The summed E-state index contributed by atoms with van der Waals surface area (Å²) in [5.74, 6) is 1.07. The number of nitrogens with zero attached hydrogens (tertiary/aromatic N) is 2. The summed E-state index contributed by atoms with van der Waals surface area (Å²) in [6.45, 7) is 7.12. The molecule has 1 unspecified atom stereocenters. The first-order valence-electron chi connectivity index (χ1n) is 10.4. The van der Waals surface area contributed by atoms with Crippen LogP contribution in [-0.4, -0.2) is 57.5 Å². The van der Waals surface area contributed by atoms with Crippen molar-refractivity contribution in [2.75, 3.05) is 40.8 Å². The van der Waals surface area contributed by atoms with Crippen molar-refractivity contribution in [3.63, 3.8) is 0 Å². The molecule has 0 saturated carbocycles. The van der Waals surface area contributed by atoms with Gasteiger partial charge >= 0.3 is 0 Å². The Morgan fingerprint density at radius 3 is 2.47 bits per heavy atom. The fraction of sp³-hybridized carbons (Fsp3) is 0.417. The minimum Gasteiger partial charge on any atom is -0.356 e. The average Bonchev–Trinajstić information content (AvgIpc) is 2.74. The van der Waals surface area contributed by atoms with Crippen LogP contribution in [0.25, 0.3) is 0 Å². The highest BCUT2D eigenvalue weighted by Crippen LogP contribution is 2.14. The van der Waals surface area contributed by atoms with E-state index in [0.29, 0.717) is 24.6 Å². The zero-order chi connectivity index (χ0) is 21.9. The molecule has 0 aliphatic carbocycles. The van der Waals surface area contributed by atoms with Crippen LogP contribution in [0.2, 0.25) is 0 Å². The van der Waals surface area contributed by atoms with Crippen LogP contribution in [0.3, 0.4) is 0 Å². The quantitative estimate of drug-likeness (QED) is 0.440. The Kier molecular flexibility index (Phi) is 9.35. The molecule has 0 spiro atoms. The van der Waals surface area contributed by atoms with Crippen LogP contribution >= 0.6 is 0 Å². The van der Waals surface area contributed by atoms with Gasteiger partial charge in [-0.15, -0.1) is 0 Å². The van der Waals surface area contributed by atoms with Crippen LogP contribution in [0.5, 0.6) is 0 Å². The van der Waals surface area contributed by atoms with Gasteiger partial charge in [-0.2, -0.15) is 0 Å². The lowest BCUT2D eigenvalue weighted by molar-refractivity contribution is 0.0951. The zero-order valence-electron chi connectivity index (χ0n) is 18.8. The Balaban J connectivity index is 1.84. The Labute approximate surface area is 180 Å². The van der Waals surface area contributed by atoms with Crippen molar-refractivity contribution in [2.24, 2.45) is 4.99 Å². The predicted octanol–water partition coefficient (Wildman–Crippen LogP) is 2.76. The van der Waals surface area contributed by atoms with Gasteiger partial charge < -0.3 is 20.9 Å². The Bertz CT molecular complexity index is 830. The lowest BCUT2D eigenvalue weighted by Crippen LogP contribution is -2.38. The maximum absolute atomic E-state index is 12.3. The van der Waals surface area contributed by atoms with Crippen molar-refractivity contribution in [3.05, 3.63) is 70.8 Å². The molecule has 0 aromatic heterocycles. The maximum Gasteiger partial charge on any atom is 0.251 e. The highest BCUT2D eigenvalue weighted by Gasteiger charge is 2.08. The molecule has 0 aliphatic heterocycles.